The third-order valence-electron chi connectivity index (χ3n) is 2.68. The zero-order valence-electron chi connectivity index (χ0n) is 10.0. The fraction of sp³-hybridized carbons (Fsp3) is 0.818. The van der Waals surface area contributed by atoms with Crippen molar-refractivity contribution >= 4 is 11.9 Å². The summed E-state index contributed by atoms with van der Waals surface area (Å²) < 4.78 is 0. The van der Waals surface area contributed by atoms with Crippen molar-refractivity contribution in [3.05, 3.63) is 0 Å². The Bertz CT molecular complexity index is 198. The predicted octanol–water partition coefficient (Wildman–Crippen LogP) is -0.133. The van der Waals surface area contributed by atoms with E-state index in [-0.39, 0.29) is 12.8 Å². The van der Waals surface area contributed by atoms with Gasteiger partial charge in [0.05, 0.1) is 33.0 Å². The fourth-order valence-electron chi connectivity index (χ4n) is 1.47. The van der Waals surface area contributed by atoms with Gasteiger partial charge in [0.15, 0.2) is 0 Å². The van der Waals surface area contributed by atoms with Crippen molar-refractivity contribution in [2.45, 2.75) is 32.6 Å². The Labute approximate surface area is 96.1 Å². The molecule has 1 aliphatic heterocycles. The zero-order chi connectivity index (χ0) is 12.6. The Morgan fingerprint density at radius 2 is 1.50 bits per heavy atom. The normalized spacial score (nSPS) is 24.1. The average molecular weight is 232 g/mol. The van der Waals surface area contributed by atoms with Crippen molar-refractivity contribution in [1.29, 1.82) is 0 Å². The highest BCUT2D eigenvalue weighted by atomic mass is 16.4. The molecule has 3 N–H and O–H groups in total. The van der Waals surface area contributed by atoms with Gasteiger partial charge in [0, 0.05) is 0 Å². The summed E-state index contributed by atoms with van der Waals surface area (Å²) in [5.41, 5.74) is 0. The molecule has 0 aliphatic carbocycles. The lowest BCUT2D eigenvalue weighted by Crippen LogP contribution is -3.10. The number of hydrogen-bond donors (Lipinski definition) is 3. The molecule has 0 aromatic heterocycles. The quantitative estimate of drug-likeness (QED) is 0.633. The lowest BCUT2D eigenvalue weighted by molar-refractivity contribution is -0.885. The van der Waals surface area contributed by atoms with E-state index >= 15 is 0 Å². The van der Waals surface area contributed by atoms with Gasteiger partial charge in [0.2, 0.25) is 0 Å². The minimum atomic E-state index is -1.08. The van der Waals surface area contributed by atoms with Crippen LogP contribution in [-0.4, -0.2) is 42.3 Å². The Kier molecular flexibility index (Phi) is 7.54. The summed E-state index contributed by atoms with van der Waals surface area (Å²) in [4.78, 5) is 21.0. The van der Waals surface area contributed by atoms with E-state index in [4.69, 9.17) is 10.2 Å². The van der Waals surface area contributed by atoms with Gasteiger partial charge in [0.1, 0.15) is 0 Å². The molecule has 1 heterocycles. The number of hydrogen-bond acceptors (Lipinski definition) is 2. The highest BCUT2D eigenvalue weighted by Crippen LogP contribution is 2.05. The van der Waals surface area contributed by atoms with E-state index in [9.17, 15) is 9.59 Å². The van der Waals surface area contributed by atoms with Crippen molar-refractivity contribution in [1.82, 2.24) is 0 Å². The number of carboxylic acid groups (broad SMARTS) is 2. The Hall–Kier alpha value is -1.10. The topological polar surface area (TPSA) is 79.0 Å². The van der Waals surface area contributed by atoms with E-state index in [0.717, 1.165) is 5.92 Å². The summed E-state index contributed by atoms with van der Waals surface area (Å²) in [6, 6.07) is 0. The van der Waals surface area contributed by atoms with Crippen LogP contribution in [0, 0.1) is 5.92 Å². The molecule has 0 aromatic rings. The lowest BCUT2D eigenvalue weighted by atomic mass is 10.00. The van der Waals surface area contributed by atoms with Crippen LogP contribution in [0.15, 0.2) is 0 Å². The molecule has 0 atom stereocenters. The van der Waals surface area contributed by atoms with Crippen molar-refractivity contribution < 1.29 is 24.7 Å². The van der Waals surface area contributed by atoms with Crippen LogP contribution < -0.4 is 4.90 Å². The first kappa shape index (κ1) is 14.9. The largest absolute Gasteiger partial charge is 0.481 e. The van der Waals surface area contributed by atoms with E-state index in [0.29, 0.717) is 0 Å². The van der Waals surface area contributed by atoms with Gasteiger partial charge >= 0.3 is 11.9 Å². The zero-order valence-corrected chi connectivity index (χ0v) is 10.0. The van der Waals surface area contributed by atoms with Gasteiger partial charge in [0.25, 0.3) is 0 Å². The number of aliphatic carboxylic acids is 2. The molecule has 16 heavy (non-hydrogen) atoms. The summed E-state index contributed by atoms with van der Waals surface area (Å²) in [5, 5.41) is 15.8. The van der Waals surface area contributed by atoms with Gasteiger partial charge in [-0.1, -0.05) is 6.92 Å². The molecule has 0 unspecified atom stereocenters. The molecule has 1 saturated heterocycles. The number of nitrogens with one attached hydrogen (secondary N) is 1. The highest BCUT2D eigenvalue weighted by molar-refractivity contribution is 5.75. The molecule has 0 radical (unpaired) electrons. The molecular formula is C11H22NO4+. The second-order valence-corrected chi connectivity index (χ2v) is 4.43. The fourth-order valence-corrected chi connectivity index (χ4v) is 1.47. The number of piperidine rings is 1. The van der Waals surface area contributed by atoms with Gasteiger partial charge in [-0.3, -0.25) is 9.59 Å². The second-order valence-electron chi connectivity index (χ2n) is 4.43. The SMILES string of the molecule is CC1CC[NH+](C)CC1.O=C(O)CCC(=O)O. The minimum Gasteiger partial charge on any atom is -0.481 e. The molecule has 0 aromatic carbocycles. The van der Waals surface area contributed by atoms with E-state index in [1.165, 1.54) is 25.9 Å². The first-order valence-corrected chi connectivity index (χ1v) is 5.66. The summed E-state index contributed by atoms with van der Waals surface area (Å²) in [6.45, 7) is 5.13. The van der Waals surface area contributed by atoms with Gasteiger partial charge in [-0.2, -0.15) is 0 Å². The smallest absolute Gasteiger partial charge is 0.303 e. The van der Waals surface area contributed by atoms with E-state index in [2.05, 4.69) is 14.0 Å². The van der Waals surface area contributed by atoms with E-state index in [1.807, 2.05) is 0 Å². The first-order valence-electron chi connectivity index (χ1n) is 5.66. The molecule has 5 nitrogen and oxygen atoms in total. The number of likely N-dealkylation sites (tertiary alicyclic amines) is 1. The van der Waals surface area contributed by atoms with Crippen molar-refractivity contribution in [2.24, 2.45) is 5.92 Å². The summed E-state index contributed by atoms with van der Waals surface area (Å²) in [5.74, 6) is -1.15. The molecule has 0 amide bonds. The van der Waals surface area contributed by atoms with Crippen LogP contribution in [0.2, 0.25) is 0 Å². The molecule has 0 saturated carbocycles. The first-order chi connectivity index (χ1) is 7.41. The number of carboxylic acids is 2. The van der Waals surface area contributed by atoms with Gasteiger partial charge in [-0.25, -0.2) is 0 Å². The third kappa shape index (κ3) is 9.45. The van der Waals surface area contributed by atoms with Gasteiger partial charge in [-0.05, 0) is 18.8 Å². The summed E-state index contributed by atoms with van der Waals surface area (Å²) >= 11 is 0. The van der Waals surface area contributed by atoms with Crippen LogP contribution in [0.4, 0.5) is 0 Å². The summed E-state index contributed by atoms with van der Waals surface area (Å²) in [6.07, 6.45) is 2.28. The average Bonchev–Trinajstić information content (AvgIpc) is 2.20. The Balaban J connectivity index is 0.000000281. The van der Waals surface area contributed by atoms with Gasteiger partial charge < -0.3 is 15.1 Å². The second kappa shape index (κ2) is 8.10. The van der Waals surface area contributed by atoms with Crippen LogP contribution in [-0.2, 0) is 9.59 Å². The van der Waals surface area contributed by atoms with Crippen LogP contribution >= 0.6 is 0 Å². The van der Waals surface area contributed by atoms with Crippen LogP contribution in [0.25, 0.3) is 0 Å². The maximum Gasteiger partial charge on any atom is 0.303 e. The van der Waals surface area contributed by atoms with Crippen LogP contribution in [0.5, 0.6) is 0 Å². The van der Waals surface area contributed by atoms with Crippen LogP contribution in [0.1, 0.15) is 32.6 Å². The van der Waals surface area contributed by atoms with Crippen molar-refractivity contribution in [3.8, 4) is 0 Å². The standard InChI is InChI=1S/C7H15N.C4H6O4/c1-7-3-5-8(2)6-4-7;5-3(6)1-2-4(7)8/h7H,3-6H2,1-2H3;1-2H2,(H,5,6)(H,7,8)/p+1. The highest BCUT2D eigenvalue weighted by Gasteiger charge is 2.13. The molecule has 5 heteroatoms. The molecule has 0 spiro atoms. The molecule has 0 bridgehead atoms. The molecular weight excluding hydrogens is 210 g/mol. The Morgan fingerprint density at radius 3 is 1.75 bits per heavy atom. The third-order valence-corrected chi connectivity index (χ3v) is 2.68. The summed E-state index contributed by atoms with van der Waals surface area (Å²) in [7, 11) is 2.28. The van der Waals surface area contributed by atoms with Crippen molar-refractivity contribution in [2.75, 3.05) is 20.1 Å². The van der Waals surface area contributed by atoms with Crippen molar-refractivity contribution in [3.63, 3.8) is 0 Å². The van der Waals surface area contributed by atoms with Crippen LogP contribution in [0.3, 0.4) is 0 Å². The number of carbonyl (C=O) groups is 2. The van der Waals surface area contributed by atoms with Gasteiger partial charge in [-0.15, -0.1) is 0 Å². The monoisotopic (exact) mass is 232 g/mol. The van der Waals surface area contributed by atoms with E-state index in [1.54, 1.807) is 4.90 Å². The maximum atomic E-state index is 9.64. The number of rotatable bonds is 3. The molecule has 1 rings (SSSR count). The minimum absolute atomic E-state index is 0.296. The molecule has 1 fully saturated rings. The maximum absolute atomic E-state index is 9.64. The Morgan fingerprint density at radius 1 is 1.12 bits per heavy atom. The predicted molar refractivity (Wildman–Crippen MR) is 59.5 cm³/mol. The number of quaternary nitrogens is 1. The molecule has 1 aliphatic rings. The molecule has 94 valence electrons. The van der Waals surface area contributed by atoms with E-state index < -0.39 is 11.9 Å². The lowest BCUT2D eigenvalue weighted by Gasteiger charge is -2.23.